The zero-order valence-electron chi connectivity index (χ0n) is 35.9. The highest BCUT2D eigenvalue weighted by Gasteiger charge is 2.31. The zero-order chi connectivity index (χ0) is 45.0. The first kappa shape index (κ1) is 42.7. The smallest absolute Gasteiger partial charge is 0.275 e. The van der Waals surface area contributed by atoms with E-state index in [1.807, 2.05) is 54.3 Å². The highest BCUT2D eigenvalue weighted by Crippen LogP contribution is 2.26. The molecular weight excluding hydrogens is 827 g/mol. The third-order valence-corrected chi connectivity index (χ3v) is 12.5. The van der Waals surface area contributed by atoms with Gasteiger partial charge in [-0.25, -0.2) is 19.3 Å². The molecule has 17 nitrogen and oxygen atoms in total. The third-order valence-electron chi connectivity index (χ3n) is 12.5. The fourth-order valence-corrected chi connectivity index (χ4v) is 8.68. The van der Waals surface area contributed by atoms with Gasteiger partial charge in [0, 0.05) is 74.0 Å². The Balaban J connectivity index is 0.710. The van der Waals surface area contributed by atoms with Crippen molar-refractivity contribution in [3.05, 3.63) is 129 Å². The molecule has 3 amide bonds. The van der Waals surface area contributed by atoms with E-state index < -0.39 is 11.9 Å². The van der Waals surface area contributed by atoms with Crippen LogP contribution in [0.15, 0.2) is 101 Å². The number of anilines is 1. The number of nitrogens with one attached hydrogen (secondary N) is 1. The number of piperidine rings is 2. The maximum atomic E-state index is 13.4. The fraction of sp³-hybridized carbons (Fsp3) is 0.333. The van der Waals surface area contributed by atoms with E-state index in [0.29, 0.717) is 66.1 Å². The van der Waals surface area contributed by atoms with Crippen LogP contribution in [0.2, 0.25) is 0 Å². The van der Waals surface area contributed by atoms with Gasteiger partial charge < -0.3 is 14.5 Å². The van der Waals surface area contributed by atoms with Gasteiger partial charge in [-0.2, -0.15) is 15.5 Å². The number of rotatable bonds is 11. The van der Waals surface area contributed by atoms with E-state index in [0.717, 1.165) is 66.8 Å². The van der Waals surface area contributed by atoms with E-state index in [4.69, 9.17) is 4.74 Å². The van der Waals surface area contributed by atoms with E-state index in [1.54, 1.807) is 42.7 Å². The van der Waals surface area contributed by atoms with Crippen molar-refractivity contribution in [3.63, 3.8) is 0 Å². The number of fused-ring (bicyclic) bond motifs is 1. The Labute approximate surface area is 373 Å². The number of carbonyl (C=O) groups excluding carboxylic acids is 3. The summed E-state index contributed by atoms with van der Waals surface area (Å²) >= 11 is 0. The molecule has 6 aromatic rings. The lowest BCUT2D eigenvalue weighted by molar-refractivity contribution is -0.136. The molecule has 65 heavy (non-hydrogen) atoms. The number of benzene rings is 3. The molecule has 1 atom stereocenters. The summed E-state index contributed by atoms with van der Waals surface area (Å²) in [6, 6.07) is 24.9. The number of imide groups is 1. The van der Waals surface area contributed by atoms with Crippen LogP contribution in [0.3, 0.4) is 0 Å². The number of aryl methyl sites for hydroxylation is 1. The summed E-state index contributed by atoms with van der Waals surface area (Å²) in [5.41, 5.74) is 4.62. The van der Waals surface area contributed by atoms with Gasteiger partial charge in [0.25, 0.3) is 17.0 Å². The van der Waals surface area contributed by atoms with E-state index in [9.17, 15) is 29.2 Å². The summed E-state index contributed by atoms with van der Waals surface area (Å²) in [5.74, 6) is 0.720. The molecule has 0 aliphatic carbocycles. The summed E-state index contributed by atoms with van der Waals surface area (Å²) in [7, 11) is 0. The van der Waals surface area contributed by atoms with Gasteiger partial charge in [0.15, 0.2) is 11.6 Å². The lowest BCUT2D eigenvalue weighted by Gasteiger charge is -2.38. The number of piperazine rings is 1. The average Bonchev–Trinajstić information content (AvgIpc) is 3.33. The number of carbonyl (C=O) groups is 3. The van der Waals surface area contributed by atoms with Crippen LogP contribution in [0, 0.1) is 24.2 Å². The lowest BCUT2D eigenvalue weighted by atomic mass is 9.98. The van der Waals surface area contributed by atoms with Gasteiger partial charge in [-0.05, 0) is 74.1 Å². The summed E-state index contributed by atoms with van der Waals surface area (Å²) in [5, 5.41) is 21.8. The number of amides is 3. The number of nitriles is 1. The van der Waals surface area contributed by atoms with Crippen LogP contribution >= 0.6 is 0 Å². The quantitative estimate of drug-likeness (QED) is 0.185. The van der Waals surface area contributed by atoms with Crippen molar-refractivity contribution in [2.45, 2.75) is 45.2 Å². The van der Waals surface area contributed by atoms with Crippen molar-refractivity contribution in [1.82, 2.24) is 44.6 Å². The summed E-state index contributed by atoms with van der Waals surface area (Å²) in [6.07, 6.45) is 5.44. The van der Waals surface area contributed by atoms with Crippen LogP contribution in [-0.2, 0) is 20.9 Å². The zero-order valence-corrected chi connectivity index (χ0v) is 35.9. The minimum atomic E-state index is -0.815. The second-order valence-electron chi connectivity index (χ2n) is 16.8. The Hall–Kier alpha value is -7.58. The van der Waals surface area contributed by atoms with E-state index in [-0.39, 0.29) is 42.3 Å². The van der Waals surface area contributed by atoms with Crippen molar-refractivity contribution in [2.75, 3.05) is 57.3 Å². The van der Waals surface area contributed by atoms with Crippen LogP contribution in [0.25, 0.3) is 33.4 Å². The molecule has 3 aromatic heterocycles. The molecule has 1 N–H and O–H groups in total. The van der Waals surface area contributed by atoms with Crippen molar-refractivity contribution < 1.29 is 19.1 Å². The highest BCUT2D eigenvalue weighted by atomic mass is 16.5. The number of ether oxygens (including phenoxy) is 1. The van der Waals surface area contributed by atoms with Crippen molar-refractivity contribution >= 4 is 34.2 Å². The van der Waals surface area contributed by atoms with Gasteiger partial charge in [-0.3, -0.25) is 34.2 Å². The fourth-order valence-electron chi connectivity index (χ4n) is 8.68. The first-order valence-electron chi connectivity index (χ1n) is 21.8. The average molecular weight is 874 g/mol. The Morgan fingerprint density at radius 3 is 2.34 bits per heavy atom. The molecule has 3 aliphatic heterocycles. The minimum Gasteiger partial charge on any atom is -0.490 e. The topological polar surface area (TPSA) is 202 Å². The first-order valence-corrected chi connectivity index (χ1v) is 21.8. The predicted molar refractivity (Wildman–Crippen MR) is 241 cm³/mol. The molecule has 330 valence electrons. The van der Waals surface area contributed by atoms with Crippen molar-refractivity contribution in [2.24, 2.45) is 5.92 Å². The Bertz CT molecular complexity index is 2930. The van der Waals surface area contributed by atoms with Gasteiger partial charge in [-0.1, -0.05) is 36.4 Å². The third kappa shape index (κ3) is 9.53. The molecule has 3 fully saturated rings. The molecule has 3 aromatic carbocycles. The molecule has 0 radical (unpaired) electrons. The van der Waals surface area contributed by atoms with Gasteiger partial charge in [-0.15, -0.1) is 0 Å². The molecular formula is C48H47N11O6. The predicted octanol–water partition coefficient (Wildman–Crippen LogP) is 3.72. The second-order valence-corrected chi connectivity index (χ2v) is 16.8. The first-order chi connectivity index (χ1) is 31.6. The summed E-state index contributed by atoms with van der Waals surface area (Å²) in [4.78, 5) is 78.9. The van der Waals surface area contributed by atoms with E-state index >= 15 is 0 Å². The van der Waals surface area contributed by atoms with Crippen molar-refractivity contribution in [1.29, 1.82) is 5.26 Å². The van der Waals surface area contributed by atoms with E-state index in [2.05, 4.69) is 41.4 Å². The number of hydrogen-bond donors (Lipinski definition) is 1. The van der Waals surface area contributed by atoms with Crippen LogP contribution in [0.4, 0.5) is 5.69 Å². The van der Waals surface area contributed by atoms with Crippen LogP contribution in [0.1, 0.15) is 48.5 Å². The van der Waals surface area contributed by atoms with Crippen LogP contribution in [0.5, 0.6) is 5.75 Å². The standard InChI is InChI=1S/C48H47N11O6/c1-31-40-24-37(9-10-39(40)48(64)59(53-31)42-12-13-43(60)52-47(42)63)56-21-19-55(20-22-56)29-45(62)57-17-15-33(16-18-57)30-65-38-26-50-46(51-27-38)35-7-5-32(6-8-35)28-58-44(61)14-11-41(54-58)36-4-2-3-34(23-36)25-49/h2-11,14,23-24,26-27,33,42H,12-13,15-22,28-30H2,1H3,(H,52,60,63). The molecule has 1 unspecified atom stereocenters. The van der Waals surface area contributed by atoms with Crippen molar-refractivity contribution in [3.8, 4) is 34.5 Å². The molecule has 9 rings (SSSR count). The SMILES string of the molecule is Cc1nn(C2CCC(=O)NC2=O)c(=O)c2ccc(N3CCN(CC(=O)N4CCC(COc5cnc(-c6ccc(Cn7nc(-c8cccc(C#N)c8)ccc7=O)cc6)nc5)CC4)CC3)cc12. The number of aromatic nitrogens is 6. The molecule has 0 saturated carbocycles. The minimum absolute atomic E-state index is 0.133. The molecule has 0 spiro atoms. The second kappa shape index (κ2) is 18.6. The van der Waals surface area contributed by atoms with Gasteiger partial charge in [0.1, 0.15) is 6.04 Å². The van der Waals surface area contributed by atoms with Crippen LogP contribution in [-0.4, -0.2) is 109 Å². The Morgan fingerprint density at radius 1 is 0.831 bits per heavy atom. The summed E-state index contributed by atoms with van der Waals surface area (Å²) in [6.45, 7) is 7.26. The Morgan fingerprint density at radius 2 is 1.60 bits per heavy atom. The monoisotopic (exact) mass is 873 g/mol. The molecule has 3 aliphatic rings. The molecule has 17 heteroatoms. The number of nitrogens with zero attached hydrogens (tertiary/aromatic N) is 10. The van der Waals surface area contributed by atoms with Crippen LogP contribution < -0.4 is 26.1 Å². The molecule has 3 saturated heterocycles. The largest absolute Gasteiger partial charge is 0.490 e. The maximum absolute atomic E-state index is 13.4. The lowest BCUT2D eigenvalue weighted by Crippen LogP contribution is -2.51. The summed E-state index contributed by atoms with van der Waals surface area (Å²) < 4.78 is 8.70. The van der Waals surface area contributed by atoms with Gasteiger partial charge >= 0.3 is 0 Å². The number of hydrogen-bond acceptors (Lipinski definition) is 13. The highest BCUT2D eigenvalue weighted by molar-refractivity contribution is 5.99. The normalized spacial score (nSPS) is 17.2. The molecule has 0 bridgehead atoms. The molecule has 6 heterocycles. The number of likely N-dealkylation sites (tertiary alicyclic amines) is 1. The van der Waals surface area contributed by atoms with E-state index in [1.165, 1.54) is 15.4 Å². The van der Waals surface area contributed by atoms with Gasteiger partial charge in [0.05, 0.1) is 60.5 Å². The van der Waals surface area contributed by atoms with Gasteiger partial charge in [0.2, 0.25) is 11.8 Å². The maximum Gasteiger partial charge on any atom is 0.275 e. The Kier molecular flexibility index (Phi) is 12.2.